The molecule has 1 aromatic carbocycles. The van der Waals surface area contributed by atoms with Crippen molar-refractivity contribution in [3.05, 3.63) is 30.3 Å². The minimum absolute atomic E-state index is 0.0613. The molecule has 0 spiro atoms. The highest BCUT2D eigenvalue weighted by molar-refractivity contribution is 5.90. The third kappa shape index (κ3) is 3.09. The number of carbonyl (C=O) groups excluding carboxylic acids is 2. The van der Waals surface area contributed by atoms with Gasteiger partial charge in [-0.15, -0.1) is 0 Å². The summed E-state index contributed by atoms with van der Waals surface area (Å²) in [5.74, 6) is 0.138. The van der Waals surface area contributed by atoms with Crippen LogP contribution in [0.1, 0.15) is 26.2 Å². The van der Waals surface area contributed by atoms with E-state index >= 15 is 0 Å². The van der Waals surface area contributed by atoms with Crippen molar-refractivity contribution in [3.8, 4) is 0 Å². The molecule has 18 heavy (non-hydrogen) atoms. The molecule has 4 nitrogen and oxygen atoms in total. The summed E-state index contributed by atoms with van der Waals surface area (Å²) in [6, 6.07) is 9.33. The van der Waals surface area contributed by atoms with Crippen LogP contribution in [0.4, 0.5) is 10.5 Å². The highest BCUT2D eigenvalue weighted by atomic mass is 16.2. The fourth-order valence-electron chi connectivity index (χ4n) is 2.36. The van der Waals surface area contributed by atoms with Crippen molar-refractivity contribution in [3.63, 3.8) is 0 Å². The zero-order valence-corrected chi connectivity index (χ0v) is 10.6. The fourth-order valence-corrected chi connectivity index (χ4v) is 2.36. The Kier molecular flexibility index (Phi) is 3.97. The quantitative estimate of drug-likeness (QED) is 0.891. The van der Waals surface area contributed by atoms with Crippen LogP contribution in [-0.4, -0.2) is 29.3 Å². The first kappa shape index (κ1) is 12.6. The van der Waals surface area contributed by atoms with E-state index in [9.17, 15) is 9.59 Å². The second-order valence-corrected chi connectivity index (χ2v) is 4.69. The summed E-state index contributed by atoms with van der Waals surface area (Å²) in [5, 5.41) is 2.86. The Hall–Kier alpha value is -1.84. The number of hydrogen-bond donors (Lipinski definition) is 1. The van der Waals surface area contributed by atoms with Crippen LogP contribution in [0.5, 0.6) is 0 Å². The Labute approximate surface area is 107 Å². The van der Waals surface area contributed by atoms with Crippen molar-refractivity contribution >= 4 is 17.5 Å². The topological polar surface area (TPSA) is 49.4 Å². The molecule has 1 aliphatic rings. The van der Waals surface area contributed by atoms with Crippen molar-refractivity contribution in [2.45, 2.75) is 32.2 Å². The van der Waals surface area contributed by atoms with Crippen molar-refractivity contribution in [1.29, 1.82) is 0 Å². The van der Waals surface area contributed by atoms with Crippen molar-refractivity contribution < 1.29 is 9.59 Å². The van der Waals surface area contributed by atoms with Crippen molar-refractivity contribution in [2.24, 2.45) is 0 Å². The maximum Gasteiger partial charge on any atom is 0.322 e. The Balaban J connectivity index is 1.98. The molecule has 0 saturated carbocycles. The average molecular weight is 246 g/mol. The minimum Gasteiger partial charge on any atom is -0.321 e. The Morgan fingerprint density at radius 3 is 2.72 bits per heavy atom. The molecule has 1 N–H and O–H groups in total. The maximum atomic E-state index is 12.1. The predicted molar refractivity (Wildman–Crippen MR) is 70.5 cm³/mol. The SMILES string of the molecule is CC(=O)CC1CCCN1C(=O)Nc1ccccc1. The van der Waals surface area contributed by atoms with Gasteiger partial charge in [0, 0.05) is 24.7 Å². The van der Waals surface area contributed by atoms with Crippen LogP contribution in [0.3, 0.4) is 0 Å². The second kappa shape index (κ2) is 5.67. The smallest absolute Gasteiger partial charge is 0.321 e. The molecule has 1 unspecified atom stereocenters. The predicted octanol–water partition coefficient (Wildman–Crippen LogP) is 2.66. The molecule has 1 aromatic rings. The first-order valence-corrected chi connectivity index (χ1v) is 6.29. The average Bonchev–Trinajstić information content (AvgIpc) is 2.77. The molecule has 0 aromatic heterocycles. The van der Waals surface area contributed by atoms with Gasteiger partial charge in [-0.3, -0.25) is 4.79 Å². The number of anilines is 1. The number of hydrogen-bond acceptors (Lipinski definition) is 2. The van der Waals surface area contributed by atoms with Gasteiger partial charge >= 0.3 is 6.03 Å². The van der Waals surface area contributed by atoms with Gasteiger partial charge in [0.05, 0.1) is 0 Å². The lowest BCUT2D eigenvalue weighted by Crippen LogP contribution is -2.39. The van der Waals surface area contributed by atoms with E-state index in [0.717, 1.165) is 25.1 Å². The van der Waals surface area contributed by atoms with Gasteiger partial charge in [-0.2, -0.15) is 0 Å². The van der Waals surface area contributed by atoms with E-state index in [-0.39, 0.29) is 17.9 Å². The summed E-state index contributed by atoms with van der Waals surface area (Å²) in [4.78, 5) is 25.1. The van der Waals surface area contributed by atoms with Crippen LogP contribution in [0.15, 0.2) is 30.3 Å². The Bertz CT molecular complexity index is 431. The highest BCUT2D eigenvalue weighted by Gasteiger charge is 2.29. The number of ketones is 1. The molecule has 0 bridgehead atoms. The number of likely N-dealkylation sites (tertiary alicyclic amines) is 1. The standard InChI is InChI=1S/C14H18N2O2/c1-11(17)10-13-8-5-9-16(13)14(18)15-12-6-3-2-4-7-12/h2-4,6-7,13H,5,8-10H2,1H3,(H,15,18). The minimum atomic E-state index is -0.107. The summed E-state index contributed by atoms with van der Waals surface area (Å²) < 4.78 is 0. The first-order chi connectivity index (χ1) is 8.66. The lowest BCUT2D eigenvalue weighted by molar-refractivity contribution is -0.117. The van der Waals surface area contributed by atoms with E-state index in [4.69, 9.17) is 0 Å². The maximum absolute atomic E-state index is 12.1. The van der Waals surface area contributed by atoms with Crippen LogP contribution in [0.25, 0.3) is 0 Å². The molecule has 0 radical (unpaired) electrons. The third-order valence-corrected chi connectivity index (χ3v) is 3.19. The van der Waals surface area contributed by atoms with Gasteiger partial charge in [0.25, 0.3) is 0 Å². The molecule has 0 aliphatic carbocycles. The van der Waals surface area contributed by atoms with E-state index in [0.29, 0.717) is 6.42 Å². The highest BCUT2D eigenvalue weighted by Crippen LogP contribution is 2.21. The number of para-hydroxylation sites is 1. The van der Waals surface area contributed by atoms with Crippen LogP contribution < -0.4 is 5.32 Å². The van der Waals surface area contributed by atoms with Gasteiger partial charge in [0.2, 0.25) is 0 Å². The van der Waals surface area contributed by atoms with Crippen LogP contribution >= 0.6 is 0 Å². The Morgan fingerprint density at radius 2 is 2.06 bits per heavy atom. The molecule has 96 valence electrons. The molecule has 2 amide bonds. The lowest BCUT2D eigenvalue weighted by atomic mass is 10.1. The molecule has 1 fully saturated rings. The van der Waals surface area contributed by atoms with Crippen molar-refractivity contribution in [1.82, 2.24) is 4.90 Å². The number of nitrogens with one attached hydrogen (secondary N) is 1. The molecular weight excluding hydrogens is 228 g/mol. The molecule has 1 atom stereocenters. The molecule has 1 saturated heterocycles. The number of nitrogens with zero attached hydrogens (tertiary/aromatic N) is 1. The number of carbonyl (C=O) groups is 2. The van der Waals surface area contributed by atoms with E-state index in [1.54, 1.807) is 11.8 Å². The van der Waals surface area contributed by atoms with Crippen LogP contribution in [0, 0.1) is 0 Å². The lowest BCUT2D eigenvalue weighted by Gasteiger charge is -2.24. The number of rotatable bonds is 3. The number of benzene rings is 1. The third-order valence-electron chi connectivity index (χ3n) is 3.19. The fraction of sp³-hybridized carbons (Fsp3) is 0.429. The molecule has 2 rings (SSSR count). The van der Waals surface area contributed by atoms with Crippen LogP contribution in [-0.2, 0) is 4.79 Å². The van der Waals surface area contributed by atoms with Gasteiger partial charge in [-0.25, -0.2) is 4.79 Å². The van der Waals surface area contributed by atoms with Gasteiger partial charge in [-0.05, 0) is 31.9 Å². The zero-order valence-electron chi connectivity index (χ0n) is 10.6. The van der Waals surface area contributed by atoms with Gasteiger partial charge < -0.3 is 10.2 Å². The summed E-state index contributed by atoms with van der Waals surface area (Å²) in [5.41, 5.74) is 0.788. The summed E-state index contributed by atoms with van der Waals surface area (Å²) in [7, 11) is 0. The van der Waals surface area contributed by atoms with Crippen molar-refractivity contribution in [2.75, 3.05) is 11.9 Å². The molecule has 1 heterocycles. The van der Waals surface area contributed by atoms with Gasteiger partial charge in [-0.1, -0.05) is 18.2 Å². The van der Waals surface area contributed by atoms with Gasteiger partial charge in [0.1, 0.15) is 5.78 Å². The van der Waals surface area contributed by atoms with E-state index < -0.39 is 0 Å². The summed E-state index contributed by atoms with van der Waals surface area (Å²) in [6.45, 7) is 2.31. The van der Waals surface area contributed by atoms with E-state index in [1.807, 2.05) is 30.3 Å². The normalized spacial score (nSPS) is 18.7. The molecule has 4 heteroatoms. The van der Waals surface area contributed by atoms with Gasteiger partial charge in [0.15, 0.2) is 0 Å². The number of Topliss-reactive ketones (excluding diaryl/α,β-unsaturated/α-hetero) is 1. The zero-order chi connectivity index (χ0) is 13.0. The van der Waals surface area contributed by atoms with Crippen LogP contribution in [0.2, 0.25) is 0 Å². The monoisotopic (exact) mass is 246 g/mol. The number of amides is 2. The van der Waals surface area contributed by atoms with E-state index in [1.165, 1.54) is 0 Å². The largest absolute Gasteiger partial charge is 0.322 e. The second-order valence-electron chi connectivity index (χ2n) is 4.69. The Morgan fingerprint density at radius 1 is 1.33 bits per heavy atom. The van der Waals surface area contributed by atoms with E-state index in [2.05, 4.69) is 5.32 Å². The first-order valence-electron chi connectivity index (χ1n) is 6.29. The summed E-state index contributed by atoms with van der Waals surface area (Å²) >= 11 is 0. The molecule has 1 aliphatic heterocycles. The molecular formula is C14H18N2O2. The summed E-state index contributed by atoms with van der Waals surface area (Å²) in [6.07, 6.45) is 2.35. The number of urea groups is 1.